The molecule has 12 heavy (non-hydrogen) atoms. The highest BCUT2D eigenvalue weighted by Crippen LogP contribution is 2.32. The van der Waals surface area contributed by atoms with Gasteiger partial charge in [-0.1, -0.05) is 0 Å². The van der Waals surface area contributed by atoms with Crippen LogP contribution in [0.5, 0.6) is 11.5 Å². The number of rotatable bonds is 1. The smallest absolute Gasteiger partial charge is 0.149 e. The van der Waals surface area contributed by atoms with Crippen LogP contribution in [0.3, 0.4) is 0 Å². The van der Waals surface area contributed by atoms with Crippen LogP contribution in [0.15, 0.2) is 23.2 Å². The molecule has 1 aliphatic rings. The molecule has 3 nitrogen and oxygen atoms in total. The molecule has 0 unspecified atom stereocenters. The van der Waals surface area contributed by atoms with Gasteiger partial charge in [-0.05, 0) is 12.1 Å². The molecule has 0 N–H and O–H groups in total. The third-order valence-corrected chi connectivity index (χ3v) is 1.71. The largest absolute Gasteiger partial charge is 0.497 e. The first-order valence-electron chi connectivity index (χ1n) is 3.73. The first kappa shape index (κ1) is 7.16. The summed E-state index contributed by atoms with van der Waals surface area (Å²) in [6.45, 7) is 0.542. The Labute approximate surface area is 70.6 Å². The van der Waals surface area contributed by atoms with Crippen LogP contribution in [0.1, 0.15) is 0 Å². The van der Waals surface area contributed by atoms with Gasteiger partial charge in [0.1, 0.15) is 23.8 Å². The van der Waals surface area contributed by atoms with Crippen molar-refractivity contribution in [2.24, 2.45) is 4.99 Å². The van der Waals surface area contributed by atoms with Crippen molar-refractivity contribution < 1.29 is 9.47 Å². The molecular formula is C9H9NO2. The molecule has 1 heterocycles. The summed E-state index contributed by atoms with van der Waals surface area (Å²) in [6, 6.07) is 5.58. The lowest BCUT2D eigenvalue weighted by molar-refractivity contribution is 0.368. The number of hydrogen-bond donors (Lipinski definition) is 0. The van der Waals surface area contributed by atoms with Crippen LogP contribution in [-0.4, -0.2) is 19.9 Å². The molecule has 1 aromatic carbocycles. The predicted molar refractivity (Wildman–Crippen MR) is 46.6 cm³/mol. The number of ether oxygens (including phenoxy) is 2. The zero-order valence-corrected chi connectivity index (χ0v) is 6.78. The van der Waals surface area contributed by atoms with Gasteiger partial charge in [-0.25, -0.2) is 0 Å². The van der Waals surface area contributed by atoms with Crippen molar-refractivity contribution in [3.8, 4) is 11.5 Å². The number of benzene rings is 1. The molecule has 0 spiro atoms. The van der Waals surface area contributed by atoms with E-state index in [0.29, 0.717) is 6.61 Å². The molecule has 62 valence electrons. The number of nitrogens with zero attached hydrogens (tertiary/aromatic N) is 1. The summed E-state index contributed by atoms with van der Waals surface area (Å²) < 4.78 is 10.4. The first-order chi connectivity index (χ1) is 5.90. The third kappa shape index (κ3) is 1.13. The molecule has 3 heteroatoms. The van der Waals surface area contributed by atoms with Gasteiger partial charge < -0.3 is 9.47 Å². The van der Waals surface area contributed by atoms with Gasteiger partial charge in [-0.2, -0.15) is 0 Å². The Bertz CT molecular complexity index is 320. The Kier molecular flexibility index (Phi) is 1.70. The minimum absolute atomic E-state index is 0.542. The van der Waals surface area contributed by atoms with Gasteiger partial charge in [0.15, 0.2) is 0 Å². The van der Waals surface area contributed by atoms with E-state index >= 15 is 0 Å². The van der Waals surface area contributed by atoms with Crippen LogP contribution in [-0.2, 0) is 0 Å². The average Bonchev–Trinajstić information content (AvgIpc) is 2.17. The van der Waals surface area contributed by atoms with Crippen molar-refractivity contribution >= 4 is 11.9 Å². The normalized spacial score (nSPS) is 13.4. The molecule has 0 fully saturated rings. The van der Waals surface area contributed by atoms with Crippen molar-refractivity contribution in [1.29, 1.82) is 0 Å². The number of fused-ring (bicyclic) bond motifs is 1. The summed E-state index contributed by atoms with van der Waals surface area (Å²) in [5.41, 5.74) is 0.863. The minimum Gasteiger partial charge on any atom is -0.497 e. The van der Waals surface area contributed by atoms with Crippen LogP contribution in [0.25, 0.3) is 0 Å². The van der Waals surface area contributed by atoms with Crippen molar-refractivity contribution in [2.45, 2.75) is 0 Å². The van der Waals surface area contributed by atoms with E-state index in [-0.39, 0.29) is 0 Å². The average molecular weight is 163 g/mol. The maximum absolute atomic E-state index is 5.34. The van der Waals surface area contributed by atoms with Crippen molar-refractivity contribution in [1.82, 2.24) is 0 Å². The predicted octanol–water partition coefficient (Wildman–Crippen LogP) is 1.79. The van der Waals surface area contributed by atoms with Gasteiger partial charge in [0, 0.05) is 12.3 Å². The van der Waals surface area contributed by atoms with E-state index in [2.05, 4.69) is 4.99 Å². The molecule has 0 saturated heterocycles. The number of aliphatic imine (C=N–C) groups is 1. The fraction of sp³-hybridized carbons (Fsp3) is 0.222. The van der Waals surface area contributed by atoms with Crippen LogP contribution < -0.4 is 9.47 Å². The summed E-state index contributed by atoms with van der Waals surface area (Å²) in [5.74, 6) is 1.59. The van der Waals surface area contributed by atoms with Crippen LogP contribution in [0.4, 0.5) is 5.69 Å². The Balaban J connectivity index is 2.44. The highest BCUT2D eigenvalue weighted by molar-refractivity contribution is 5.71. The van der Waals surface area contributed by atoms with E-state index in [1.165, 1.54) is 0 Å². The zero-order valence-electron chi connectivity index (χ0n) is 6.78. The molecule has 0 bridgehead atoms. The highest BCUT2D eigenvalue weighted by Gasteiger charge is 2.06. The highest BCUT2D eigenvalue weighted by atomic mass is 16.5. The SMILES string of the molecule is COc1ccc2c(c1)OCC=N2. The van der Waals surface area contributed by atoms with Crippen LogP contribution in [0.2, 0.25) is 0 Å². The van der Waals surface area contributed by atoms with E-state index in [9.17, 15) is 0 Å². The molecule has 0 aromatic heterocycles. The lowest BCUT2D eigenvalue weighted by atomic mass is 10.2. The van der Waals surface area contributed by atoms with Crippen molar-refractivity contribution in [2.75, 3.05) is 13.7 Å². The van der Waals surface area contributed by atoms with Crippen LogP contribution >= 0.6 is 0 Å². The topological polar surface area (TPSA) is 30.8 Å². The van der Waals surface area contributed by atoms with E-state index < -0.39 is 0 Å². The molecule has 2 rings (SSSR count). The lowest BCUT2D eigenvalue weighted by Gasteiger charge is -2.11. The Morgan fingerprint density at radius 1 is 1.50 bits per heavy atom. The Morgan fingerprint density at radius 2 is 2.42 bits per heavy atom. The molecule has 0 radical (unpaired) electrons. The summed E-state index contributed by atoms with van der Waals surface area (Å²) >= 11 is 0. The summed E-state index contributed by atoms with van der Waals surface area (Å²) in [6.07, 6.45) is 1.74. The monoisotopic (exact) mass is 163 g/mol. The van der Waals surface area contributed by atoms with Gasteiger partial charge in [0.2, 0.25) is 0 Å². The van der Waals surface area contributed by atoms with E-state index in [1.807, 2.05) is 18.2 Å². The molecule has 0 saturated carbocycles. The van der Waals surface area contributed by atoms with Gasteiger partial charge in [-0.15, -0.1) is 0 Å². The molecular weight excluding hydrogens is 154 g/mol. The zero-order chi connectivity index (χ0) is 8.39. The number of methoxy groups -OCH3 is 1. The summed E-state index contributed by atoms with van der Waals surface area (Å²) in [4.78, 5) is 4.16. The standard InChI is InChI=1S/C9H9NO2/c1-11-7-2-3-8-9(6-7)12-5-4-10-8/h2-4,6H,5H2,1H3. The van der Waals surface area contributed by atoms with E-state index in [4.69, 9.17) is 9.47 Å². The number of hydrogen-bond acceptors (Lipinski definition) is 3. The Hall–Kier alpha value is -1.51. The molecule has 1 aromatic rings. The quantitative estimate of drug-likeness (QED) is 0.632. The van der Waals surface area contributed by atoms with E-state index in [1.54, 1.807) is 13.3 Å². The van der Waals surface area contributed by atoms with Gasteiger partial charge >= 0.3 is 0 Å². The maximum atomic E-state index is 5.34. The van der Waals surface area contributed by atoms with Gasteiger partial charge in [0.05, 0.1) is 7.11 Å². The molecule has 0 atom stereocenters. The summed E-state index contributed by atoms with van der Waals surface area (Å²) in [7, 11) is 1.63. The fourth-order valence-corrected chi connectivity index (χ4v) is 1.11. The summed E-state index contributed by atoms with van der Waals surface area (Å²) in [5, 5.41) is 0. The van der Waals surface area contributed by atoms with Crippen molar-refractivity contribution in [3.05, 3.63) is 18.2 Å². The van der Waals surface area contributed by atoms with E-state index in [0.717, 1.165) is 17.2 Å². The lowest BCUT2D eigenvalue weighted by Crippen LogP contribution is -2.02. The molecule has 1 aliphatic heterocycles. The first-order valence-corrected chi connectivity index (χ1v) is 3.73. The van der Waals surface area contributed by atoms with Gasteiger partial charge in [0.25, 0.3) is 0 Å². The molecule has 0 amide bonds. The Morgan fingerprint density at radius 3 is 3.25 bits per heavy atom. The second-order valence-corrected chi connectivity index (χ2v) is 2.46. The molecule has 0 aliphatic carbocycles. The fourth-order valence-electron chi connectivity index (χ4n) is 1.11. The van der Waals surface area contributed by atoms with Gasteiger partial charge in [-0.3, -0.25) is 4.99 Å². The van der Waals surface area contributed by atoms with Crippen molar-refractivity contribution in [3.63, 3.8) is 0 Å². The maximum Gasteiger partial charge on any atom is 0.149 e. The second-order valence-electron chi connectivity index (χ2n) is 2.46. The minimum atomic E-state index is 0.542. The second kappa shape index (κ2) is 2.85. The van der Waals surface area contributed by atoms with Crippen LogP contribution in [0, 0.1) is 0 Å². The third-order valence-electron chi connectivity index (χ3n) is 1.71.